The van der Waals surface area contributed by atoms with Crippen LogP contribution in [0.15, 0.2) is 11.6 Å². The van der Waals surface area contributed by atoms with Crippen LogP contribution in [0.25, 0.3) is 0 Å². The molecule has 0 heterocycles. The van der Waals surface area contributed by atoms with E-state index < -0.39 is 0 Å². The largest absolute Gasteiger partial charge is 0.393 e. The fourth-order valence-electron chi connectivity index (χ4n) is 8.41. The normalized spacial score (nSPS) is 46.5. The minimum Gasteiger partial charge on any atom is -0.393 e. The molecule has 160 valence electrons. The molecule has 1 heteroatoms. The third-order valence-electron chi connectivity index (χ3n) is 10.2. The lowest BCUT2D eigenvalue weighted by Gasteiger charge is -2.58. The Bertz CT molecular complexity index is 591. The van der Waals surface area contributed by atoms with Crippen molar-refractivity contribution in [2.24, 2.45) is 46.3 Å². The van der Waals surface area contributed by atoms with Crippen LogP contribution in [0.4, 0.5) is 0 Å². The fraction of sp³-hybridized carbons (Fsp3) is 0.926. The average molecular weight is 387 g/mol. The predicted molar refractivity (Wildman–Crippen MR) is 119 cm³/mol. The molecule has 0 amide bonds. The van der Waals surface area contributed by atoms with Gasteiger partial charge in [-0.2, -0.15) is 0 Å². The van der Waals surface area contributed by atoms with Gasteiger partial charge in [-0.25, -0.2) is 0 Å². The van der Waals surface area contributed by atoms with Gasteiger partial charge in [-0.05, 0) is 97.7 Å². The molecular formula is C27H46O. The summed E-state index contributed by atoms with van der Waals surface area (Å²) in [6, 6.07) is 0. The van der Waals surface area contributed by atoms with Gasteiger partial charge in [0, 0.05) is 0 Å². The highest BCUT2D eigenvalue weighted by Gasteiger charge is 2.58. The SMILES string of the molecule is CC(C)CCC[C@@H](C)[C@H]1CC[C@]2(C)C3=CC[C@@H]4C[C@@H](O)CC[C@]4(C)[C@@H]3CC[C@H]12. The van der Waals surface area contributed by atoms with Gasteiger partial charge in [0.2, 0.25) is 0 Å². The van der Waals surface area contributed by atoms with Crippen molar-refractivity contribution in [2.75, 3.05) is 0 Å². The van der Waals surface area contributed by atoms with E-state index in [4.69, 9.17) is 0 Å². The maximum absolute atomic E-state index is 10.2. The summed E-state index contributed by atoms with van der Waals surface area (Å²) in [7, 11) is 0. The lowest BCUT2D eigenvalue weighted by Crippen LogP contribution is -2.50. The zero-order valence-electron chi connectivity index (χ0n) is 19.3. The second-order valence-electron chi connectivity index (χ2n) is 12.2. The average Bonchev–Trinajstić information content (AvgIpc) is 2.99. The summed E-state index contributed by atoms with van der Waals surface area (Å²) >= 11 is 0. The molecule has 1 nitrogen and oxygen atoms in total. The highest BCUT2D eigenvalue weighted by molar-refractivity contribution is 5.30. The van der Waals surface area contributed by atoms with Gasteiger partial charge in [0.1, 0.15) is 0 Å². The van der Waals surface area contributed by atoms with Gasteiger partial charge in [0.05, 0.1) is 6.10 Å². The van der Waals surface area contributed by atoms with Gasteiger partial charge in [0.25, 0.3) is 0 Å². The molecule has 0 spiro atoms. The molecule has 0 aliphatic heterocycles. The first kappa shape index (κ1) is 21.0. The minimum absolute atomic E-state index is 0.0394. The number of aliphatic hydroxyl groups is 1. The van der Waals surface area contributed by atoms with E-state index >= 15 is 0 Å². The van der Waals surface area contributed by atoms with E-state index in [9.17, 15) is 5.11 Å². The van der Waals surface area contributed by atoms with Crippen LogP contribution in [0.5, 0.6) is 0 Å². The van der Waals surface area contributed by atoms with Gasteiger partial charge in [-0.3, -0.25) is 0 Å². The molecule has 0 unspecified atom stereocenters. The van der Waals surface area contributed by atoms with Crippen LogP contribution in [0.2, 0.25) is 0 Å². The molecule has 1 N–H and O–H groups in total. The molecule has 4 aliphatic carbocycles. The predicted octanol–water partition coefficient (Wildman–Crippen LogP) is 7.39. The number of fused-ring (bicyclic) bond motifs is 5. The van der Waals surface area contributed by atoms with E-state index in [2.05, 4.69) is 40.7 Å². The molecule has 0 aromatic rings. The highest BCUT2D eigenvalue weighted by Crippen LogP contribution is 2.67. The van der Waals surface area contributed by atoms with Gasteiger partial charge < -0.3 is 5.11 Å². The van der Waals surface area contributed by atoms with E-state index in [1.54, 1.807) is 0 Å². The summed E-state index contributed by atoms with van der Waals surface area (Å²) in [4.78, 5) is 0. The molecule has 28 heavy (non-hydrogen) atoms. The Labute approximate surface area is 174 Å². The first-order valence-corrected chi connectivity index (χ1v) is 12.6. The molecule has 3 fully saturated rings. The van der Waals surface area contributed by atoms with Crippen LogP contribution < -0.4 is 0 Å². The van der Waals surface area contributed by atoms with Crippen LogP contribution in [0.3, 0.4) is 0 Å². The third-order valence-corrected chi connectivity index (χ3v) is 10.2. The van der Waals surface area contributed by atoms with E-state index in [0.29, 0.717) is 10.8 Å². The van der Waals surface area contributed by atoms with Crippen LogP contribution in [-0.2, 0) is 0 Å². The molecule has 0 saturated heterocycles. The number of rotatable bonds is 5. The van der Waals surface area contributed by atoms with Crippen molar-refractivity contribution in [3.05, 3.63) is 11.6 Å². The quantitative estimate of drug-likeness (QED) is 0.488. The third kappa shape index (κ3) is 3.42. The summed E-state index contributed by atoms with van der Waals surface area (Å²) in [6.07, 6.45) is 17.3. The zero-order chi connectivity index (χ0) is 20.1. The van der Waals surface area contributed by atoms with Crippen LogP contribution in [0.1, 0.15) is 105 Å². The molecular weight excluding hydrogens is 340 g/mol. The number of aliphatic hydroxyl groups excluding tert-OH is 1. The van der Waals surface area contributed by atoms with Crippen molar-refractivity contribution >= 4 is 0 Å². The molecule has 0 radical (unpaired) electrons. The maximum atomic E-state index is 10.2. The van der Waals surface area contributed by atoms with Gasteiger partial charge in [-0.1, -0.05) is 65.5 Å². The summed E-state index contributed by atoms with van der Waals surface area (Å²) < 4.78 is 0. The van der Waals surface area contributed by atoms with Crippen LogP contribution >= 0.6 is 0 Å². The Morgan fingerprint density at radius 3 is 2.57 bits per heavy atom. The Hall–Kier alpha value is -0.300. The Kier molecular flexibility index (Phi) is 5.80. The summed E-state index contributed by atoms with van der Waals surface area (Å²) in [6.45, 7) is 12.5. The van der Waals surface area contributed by atoms with Crippen molar-refractivity contribution < 1.29 is 5.11 Å². The van der Waals surface area contributed by atoms with Crippen molar-refractivity contribution in [1.29, 1.82) is 0 Å². The number of hydrogen-bond donors (Lipinski definition) is 1. The van der Waals surface area contributed by atoms with Gasteiger partial charge >= 0.3 is 0 Å². The lowest BCUT2D eigenvalue weighted by atomic mass is 9.47. The Morgan fingerprint density at radius 2 is 1.82 bits per heavy atom. The molecule has 0 aromatic carbocycles. The summed E-state index contributed by atoms with van der Waals surface area (Å²) in [5, 5.41) is 10.2. The molecule has 4 rings (SSSR count). The number of allylic oxidation sites excluding steroid dienone is 2. The molecule has 3 saturated carbocycles. The monoisotopic (exact) mass is 386 g/mol. The van der Waals surface area contributed by atoms with E-state index in [1.807, 2.05) is 5.57 Å². The summed E-state index contributed by atoms with van der Waals surface area (Å²) in [5.41, 5.74) is 2.80. The summed E-state index contributed by atoms with van der Waals surface area (Å²) in [5.74, 6) is 5.16. The van der Waals surface area contributed by atoms with E-state index in [-0.39, 0.29) is 6.10 Å². The van der Waals surface area contributed by atoms with Crippen LogP contribution in [0, 0.1) is 46.3 Å². The standard InChI is InChI=1S/C27H46O/c1-18(2)7-6-8-19(3)22-14-16-27(5)23(22)11-12-24-25(27)10-9-20-17-21(28)13-15-26(20,24)4/h10,18-24,28H,6-9,11-17H2,1-5H3/t19-,20-,21+,22-,23-,24-,26+,27+/m1/s1. The van der Waals surface area contributed by atoms with Gasteiger partial charge in [0.15, 0.2) is 0 Å². The van der Waals surface area contributed by atoms with E-state index in [0.717, 1.165) is 48.3 Å². The molecule has 4 aliphatic rings. The second kappa shape index (κ2) is 7.75. The Morgan fingerprint density at radius 1 is 1.04 bits per heavy atom. The van der Waals surface area contributed by atoms with Crippen molar-refractivity contribution in [1.82, 2.24) is 0 Å². The molecule has 8 atom stereocenters. The van der Waals surface area contributed by atoms with Gasteiger partial charge in [-0.15, -0.1) is 0 Å². The Balaban J connectivity index is 1.50. The second-order valence-corrected chi connectivity index (χ2v) is 12.2. The molecule has 0 bridgehead atoms. The van der Waals surface area contributed by atoms with E-state index in [1.165, 1.54) is 57.8 Å². The maximum Gasteiger partial charge on any atom is 0.0543 e. The smallest absolute Gasteiger partial charge is 0.0543 e. The highest BCUT2D eigenvalue weighted by atomic mass is 16.3. The first-order valence-electron chi connectivity index (χ1n) is 12.6. The van der Waals surface area contributed by atoms with Crippen molar-refractivity contribution in [3.8, 4) is 0 Å². The topological polar surface area (TPSA) is 20.2 Å². The fourth-order valence-corrected chi connectivity index (χ4v) is 8.41. The van der Waals surface area contributed by atoms with Crippen LogP contribution in [-0.4, -0.2) is 11.2 Å². The van der Waals surface area contributed by atoms with Crippen molar-refractivity contribution in [3.63, 3.8) is 0 Å². The molecule has 0 aromatic heterocycles. The lowest BCUT2D eigenvalue weighted by molar-refractivity contribution is -0.0401. The minimum atomic E-state index is -0.0394. The first-order chi connectivity index (χ1) is 13.3. The van der Waals surface area contributed by atoms with Crippen molar-refractivity contribution in [2.45, 2.75) is 111 Å². The zero-order valence-corrected chi connectivity index (χ0v) is 19.3. The number of hydrogen-bond acceptors (Lipinski definition) is 1.